The SMILES string of the molecule is C=CCOC(=O)C=C.N=NC=NN. The van der Waals surface area contributed by atoms with E-state index < -0.39 is 5.97 Å². The summed E-state index contributed by atoms with van der Waals surface area (Å²) >= 11 is 0. The molecule has 13 heavy (non-hydrogen) atoms. The summed E-state index contributed by atoms with van der Waals surface area (Å²) in [7, 11) is 0. The fourth-order valence-corrected chi connectivity index (χ4v) is 0.233. The van der Waals surface area contributed by atoms with E-state index in [0.29, 0.717) is 0 Å². The lowest BCUT2D eigenvalue weighted by atomic mass is 10.6. The summed E-state index contributed by atoms with van der Waals surface area (Å²) in [6, 6.07) is 0. The average Bonchev–Trinajstić information content (AvgIpc) is 2.16. The third-order valence-corrected chi connectivity index (χ3v) is 0.635. The van der Waals surface area contributed by atoms with Gasteiger partial charge in [-0.15, -0.1) is 5.11 Å². The van der Waals surface area contributed by atoms with E-state index in [0.717, 1.165) is 12.4 Å². The molecule has 0 unspecified atom stereocenters. The largest absolute Gasteiger partial charge is 0.458 e. The number of hydrogen-bond acceptors (Lipinski definition) is 5. The molecule has 72 valence electrons. The van der Waals surface area contributed by atoms with Crippen LogP contribution in [0.4, 0.5) is 0 Å². The van der Waals surface area contributed by atoms with Gasteiger partial charge in [-0.2, -0.15) is 5.10 Å². The van der Waals surface area contributed by atoms with Gasteiger partial charge in [0.05, 0.1) is 0 Å². The van der Waals surface area contributed by atoms with E-state index in [1.54, 1.807) is 0 Å². The van der Waals surface area contributed by atoms with E-state index in [4.69, 9.17) is 5.53 Å². The maximum absolute atomic E-state index is 10.2. The van der Waals surface area contributed by atoms with E-state index >= 15 is 0 Å². The second kappa shape index (κ2) is 12.7. The van der Waals surface area contributed by atoms with E-state index in [1.807, 2.05) is 0 Å². The van der Waals surface area contributed by atoms with Crippen LogP contribution >= 0.6 is 0 Å². The van der Waals surface area contributed by atoms with E-state index in [-0.39, 0.29) is 6.61 Å². The number of carbonyl (C=O) groups is 1. The number of rotatable bonds is 4. The minimum Gasteiger partial charge on any atom is -0.458 e. The number of nitrogens with two attached hydrogens (primary N) is 1. The predicted octanol–water partition coefficient (Wildman–Crippen LogP) is 0.821. The zero-order valence-electron chi connectivity index (χ0n) is 7.14. The molecule has 6 nitrogen and oxygen atoms in total. The fraction of sp³-hybridized carbons (Fsp3) is 0.143. The lowest BCUT2D eigenvalue weighted by Crippen LogP contribution is -1.98. The number of hydrazone groups is 1. The Hall–Kier alpha value is -1.98. The van der Waals surface area contributed by atoms with Crippen molar-refractivity contribution >= 4 is 12.3 Å². The highest BCUT2D eigenvalue weighted by molar-refractivity contribution is 5.81. The summed E-state index contributed by atoms with van der Waals surface area (Å²) in [6.07, 6.45) is 3.56. The Labute approximate surface area is 76.3 Å². The maximum Gasteiger partial charge on any atom is 0.330 e. The standard InChI is InChI=1S/C6H8O2.CH4N4/c1-3-5-8-6(7)4-2;2-4-1-5-3/h3-4H,1-2,5H2;1-2H,3H2. The van der Waals surface area contributed by atoms with Crippen molar-refractivity contribution in [3.05, 3.63) is 25.3 Å². The molecular formula is C7H12N4O2. The first kappa shape index (κ1) is 13.6. The van der Waals surface area contributed by atoms with Crippen LogP contribution in [0.25, 0.3) is 0 Å². The molecule has 0 aliphatic rings. The van der Waals surface area contributed by atoms with Crippen molar-refractivity contribution in [2.75, 3.05) is 6.61 Å². The van der Waals surface area contributed by atoms with Crippen LogP contribution < -0.4 is 5.84 Å². The van der Waals surface area contributed by atoms with Crippen molar-refractivity contribution in [2.45, 2.75) is 0 Å². The molecule has 0 saturated heterocycles. The van der Waals surface area contributed by atoms with Crippen LogP contribution in [-0.2, 0) is 9.53 Å². The van der Waals surface area contributed by atoms with Gasteiger partial charge in [-0.05, 0) is 0 Å². The smallest absolute Gasteiger partial charge is 0.330 e. The summed E-state index contributed by atoms with van der Waals surface area (Å²) < 4.78 is 4.47. The summed E-state index contributed by atoms with van der Waals surface area (Å²) in [5.41, 5.74) is 6.00. The average molecular weight is 184 g/mol. The highest BCUT2D eigenvalue weighted by Gasteiger charge is 1.87. The van der Waals surface area contributed by atoms with E-state index in [1.165, 1.54) is 6.08 Å². The minimum absolute atomic E-state index is 0.255. The molecule has 0 rings (SSSR count). The highest BCUT2D eigenvalue weighted by Crippen LogP contribution is 1.77. The highest BCUT2D eigenvalue weighted by atomic mass is 16.5. The van der Waals surface area contributed by atoms with Crippen LogP contribution in [0.3, 0.4) is 0 Å². The zero-order chi connectivity index (χ0) is 10.5. The second-order valence-electron chi connectivity index (χ2n) is 1.52. The molecule has 0 aromatic heterocycles. The van der Waals surface area contributed by atoms with Crippen LogP contribution in [0.2, 0.25) is 0 Å². The van der Waals surface area contributed by atoms with Crippen LogP contribution in [-0.4, -0.2) is 18.9 Å². The topological polar surface area (TPSA) is 101 Å². The Morgan fingerprint density at radius 2 is 2.23 bits per heavy atom. The quantitative estimate of drug-likeness (QED) is 0.0988. The third-order valence-electron chi connectivity index (χ3n) is 0.635. The lowest BCUT2D eigenvalue weighted by molar-refractivity contribution is -0.136. The fourth-order valence-electron chi connectivity index (χ4n) is 0.233. The van der Waals surface area contributed by atoms with Crippen molar-refractivity contribution in [2.24, 2.45) is 16.1 Å². The molecule has 0 bridgehead atoms. The number of nitrogens with zero attached hydrogens (tertiary/aromatic N) is 2. The van der Waals surface area contributed by atoms with Crippen LogP contribution in [0.15, 0.2) is 35.5 Å². The van der Waals surface area contributed by atoms with Gasteiger partial charge in [-0.1, -0.05) is 19.2 Å². The molecule has 0 aliphatic carbocycles. The molecule has 0 saturated carbocycles. The first-order valence-corrected chi connectivity index (χ1v) is 3.21. The molecule has 0 heterocycles. The Morgan fingerprint density at radius 3 is 2.46 bits per heavy atom. The Morgan fingerprint density at radius 1 is 1.62 bits per heavy atom. The van der Waals surface area contributed by atoms with Gasteiger partial charge in [0.15, 0.2) is 6.34 Å². The number of nitrogens with one attached hydrogen (secondary N) is 1. The minimum atomic E-state index is -0.412. The van der Waals surface area contributed by atoms with Crippen molar-refractivity contribution in [3.63, 3.8) is 0 Å². The van der Waals surface area contributed by atoms with Gasteiger partial charge in [0.1, 0.15) is 6.61 Å². The summed E-state index contributed by atoms with van der Waals surface area (Å²) in [6.45, 7) is 6.81. The molecule has 0 spiro atoms. The first-order valence-electron chi connectivity index (χ1n) is 3.21. The molecule has 0 fully saturated rings. The normalized spacial score (nSPS) is 8.00. The van der Waals surface area contributed by atoms with Crippen molar-refractivity contribution in [3.8, 4) is 0 Å². The molecular weight excluding hydrogens is 172 g/mol. The maximum atomic E-state index is 10.2. The van der Waals surface area contributed by atoms with E-state index in [9.17, 15) is 4.79 Å². The molecule has 0 aromatic carbocycles. The molecule has 0 atom stereocenters. The summed E-state index contributed by atoms with van der Waals surface area (Å²) in [5, 5.41) is 5.56. The summed E-state index contributed by atoms with van der Waals surface area (Å²) in [5.74, 6) is 4.08. The number of esters is 1. The van der Waals surface area contributed by atoms with Gasteiger partial charge >= 0.3 is 5.97 Å². The number of hydrogen-bond donors (Lipinski definition) is 2. The van der Waals surface area contributed by atoms with Gasteiger partial charge in [-0.25, -0.2) is 10.3 Å². The van der Waals surface area contributed by atoms with Crippen molar-refractivity contribution < 1.29 is 9.53 Å². The monoisotopic (exact) mass is 184 g/mol. The van der Waals surface area contributed by atoms with Gasteiger partial charge in [0, 0.05) is 6.08 Å². The molecule has 6 heteroatoms. The molecule has 0 aromatic rings. The van der Waals surface area contributed by atoms with Crippen LogP contribution in [0.1, 0.15) is 0 Å². The molecule has 0 amide bonds. The van der Waals surface area contributed by atoms with Crippen molar-refractivity contribution in [1.82, 2.24) is 0 Å². The molecule has 3 N–H and O–H groups in total. The Kier molecular flexibility index (Phi) is 13.3. The van der Waals surface area contributed by atoms with Gasteiger partial charge < -0.3 is 10.6 Å². The Balaban J connectivity index is 0. The number of ether oxygens (including phenoxy) is 1. The first-order chi connectivity index (χ1) is 6.22. The zero-order valence-corrected chi connectivity index (χ0v) is 7.14. The predicted molar refractivity (Wildman–Crippen MR) is 49.2 cm³/mol. The van der Waals surface area contributed by atoms with Crippen LogP contribution in [0.5, 0.6) is 0 Å². The second-order valence-corrected chi connectivity index (χ2v) is 1.52. The molecule has 0 aliphatic heterocycles. The van der Waals surface area contributed by atoms with Gasteiger partial charge in [-0.3, -0.25) is 0 Å². The number of carbonyl (C=O) groups excluding carboxylic acids is 1. The van der Waals surface area contributed by atoms with Gasteiger partial charge in [0.2, 0.25) is 0 Å². The molecule has 0 radical (unpaired) electrons. The van der Waals surface area contributed by atoms with Gasteiger partial charge in [0.25, 0.3) is 0 Å². The lowest BCUT2D eigenvalue weighted by Gasteiger charge is -1.92. The van der Waals surface area contributed by atoms with Crippen molar-refractivity contribution in [1.29, 1.82) is 5.53 Å². The summed E-state index contributed by atoms with van der Waals surface area (Å²) in [4.78, 5) is 10.2. The third kappa shape index (κ3) is 17.8. The Bertz CT molecular complexity index is 201. The van der Waals surface area contributed by atoms with Crippen LogP contribution in [0, 0.1) is 5.53 Å². The van der Waals surface area contributed by atoms with E-state index in [2.05, 4.69) is 34.0 Å².